The van der Waals surface area contributed by atoms with Crippen LogP contribution in [-0.2, 0) is 0 Å². The number of nitrogen functional groups attached to an aromatic ring is 1. The molecule has 1 aliphatic carbocycles. The molecule has 3 aromatic rings. The van der Waals surface area contributed by atoms with E-state index >= 15 is 0 Å². The van der Waals surface area contributed by atoms with E-state index < -0.39 is 11.7 Å². The largest absolute Gasteiger partial charge is 0.389 e. The van der Waals surface area contributed by atoms with Gasteiger partial charge in [0.2, 0.25) is 0 Å². The van der Waals surface area contributed by atoms with E-state index in [0.717, 1.165) is 67.9 Å². The molecular weight excluding hydrogens is 441 g/mol. The number of nitrogens with one attached hydrogen (secondary N) is 1. The summed E-state index contributed by atoms with van der Waals surface area (Å²) in [6.45, 7) is 3.56. The summed E-state index contributed by atoms with van der Waals surface area (Å²) in [6, 6.07) is 5.35. The number of halogens is 1. The van der Waals surface area contributed by atoms with Gasteiger partial charge in [-0.15, -0.1) is 0 Å². The normalized spacial score (nSPS) is 18.9. The van der Waals surface area contributed by atoms with Gasteiger partial charge in [-0.2, -0.15) is 5.10 Å². The molecule has 2 fully saturated rings. The molecule has 2 aliphatic rings. The molecule has 1 amide bonds. The minimum atomic E-state index is -0.425. The van der Waals surface area contributed by atoms with Crippen molar-refractivity contribution in [3.05, 3.63) is 41.5 Å². The predicted molar refractivity (Wildman–Crippen MR) is 129 cm³/mol. The summed E-state index contributed by atoms with van der Waals surface area (Å²) in [7, 11) is 0. The summed E-state index contributed by atoms with van der Waals surface area (Å²) in [5, 5.41) is 8.18. The van der Waals surface area contributed by atoms with E-state index in [-0.39, 0.29) is 16.7 Å². The number of carbonyl (C=O) groups is 1. The maximum Gasteiger partial charge on any atom is 0.277 e. The minimum absolute atomic E-state index is 0.0962. The molecule has 8 nitrogen and oxygen atoms in total. The molecule has 1 aliphatic heterocycles. The lowest BCUT2D eigenvalue weighted by Gasteiger charge is -2.25. The number of aromatic nitrogens is 3. The monoisotopic (exact) mass is 469 g/mol. The zero-order valence-electron chi connectivity index (χ0n) is 18.6. The third kappa shape index (κ3) is 4.45. The Morgan fingerprint density at radius 2 is 2.06 bits per heavy atom. The molecule has 1 unspecified atom stereocenters. The number of nitrogens with zero attached hydrogens (tertiary/aromatic N) is 4. The Kier molecular flexibility index (Phi) is 5.79. The highest BCUT2D eigenvalue weighted by atomic mass is 32.1. The molecule has 5 rings (SSSR count). The molecule has 1 saturated carbocycles. The minimum Gasteiger partial charge on any atom is -0.389 e. The fraction of sp³-hybridized carbons (Fsp3) is 0.435. The fourth-order valence-corrected chi connectivity index (χ4v) is 5.12. The number of hydrogen-bond donors (Lipinski definition) is 3. The number of anilines is 3. The summed E-state index contributed by atoms with van der Waals surface area (Å²) in [5.74, 6) is 0.0959. The molecule has 0 radical (unpaired) electrons. The third-order valence-corrected chi connectivity index (χ3v) is 7.12. The number of hydrogen-bond acceptors (Lipinski definition) is 7. The van der Waals surface area contributed by atoms with Gasteiger partial charge < -0.3 is 21.7 Å². The second-order valence-corrected chi connectivity index (χ2v) is 9.94. The Morgan fingerprint density at radius 3 is 2.85 bits per heavy atom. The van der Waals surface area contributed by atoms with Crippen molar-refractivity contribution in [2.75, 3.05) is 29.0 Å². The van der Waals surface area contributed by atoms with Crippen LogP contribution in [0.2, 0.25) is 0 Å². The molecule has 3 heterocycles. The number of amides is 1. The Balaban J connectivity index is 1.43. The number of thiazole rings is 1. The SMILES string of the molecule is Cc1ccc(F)c(-c2nc(C(=O)Nc3cnn(C4CC4)c3N3CCCC(N)CC3)c(N)s2)c1. The number of aryl methyl sites for hydroxylation is 1. The van der Waals surface area contributed by atoms with Gasteiger partial charge in [-0.25, -0.2) is 14.1 Å². The highest BCUT2D eigenvalue weighted by Crippen LogP contribution is 2.41. The van der Waals surface area contributed by atoms with E-state index in [9.17, 15) is 9.18 Å². The van der Waals surface area contributed by atoms with Crippen molar-refractivity contribution in [3.63, 3.8) is 0 Å². The van der Waals surface area contributed by atoms with Crippen molar-refractivity contribution >= 4 is 33.8 Å². The Labute approximate surface area is 195 Å². The van der Waals surface area contributed by atoms with Gasteiger partial charge in [0.25, 0.3) is 5.91 Å². The van der Waals surface area contributed by atoms with E-state index in [4.69, 9.17) is 11.5 Å². The van der Waals surface area contributed by atoms with E-state index in [0.29, 0.717) is 22.3 Å². The van der Waals surface area contributed by atoms with Gasteiger partial charge in [0.1, 0.15) is 21.5 Å². The van der Waals surface area contributed by atoms with Gasteiger partial charge in [0.05, 0.1) is 12.2 Å². The van der Waals surface area contributed by atoms with Crippen LogP contribution in [0.25, 0.3) is 10.6 Å². The van der Waals surface area contributed by atoms with Crippen LogP contribution in [0.15, 0.2) is 24.4 Å². The number of rotatable bonds is 5. The molecule has 1 saturated heterocycles. The van der Waals surface area contributed by atoms with Crippen LogP contribution in [0.4, 0.5) is 20.9 Å². The maximum atomic E-state index is 14.3. The van der Waals surface area contributed by atoms with Gasteiger partial charge in [-0.05, 0) is 51.2 Å². The molecule has 5 N–H and O–H groups in total. The standard InChI is InChI=1S/C23H28FN7OS/c1-13-4-7-17(24)16(11-13)22-29-19(20(26)33-22)21(32)28-18-12-27-31(15-5-6-15)23(18)30-9-2-3-14(25)8-10-30/h4,7,11-12,14-15H,2-3,5-6,8-10,25-26H2,1H3,(H,28,32). The van der Waals surface area contributed by atoms with Crippen molar-refractivity contribution in [1.29, 1.82) is 0 Å². The van der Waals surface area contributed by atoms with E-state index in [1.165, 1.54) is 6.07 Å². The molecular formula is C23H28FN7OS. The van der Waals surface area contributed by atoms with Gasteiger partial charge in [-0.3, -0.25) is 4.79 Å². The first kappa shape index (κ1) is 21.8. The lowest BCUT2D eigenvalue weighted by molar-refractivity contribution is 0.102. The summed E-state index contributed by atoms with van der Waals surface area (Å²) < 4.78 is 16.4. The van der Waals surface area contributed by atoms with Crippen LogP contribution in [0.1, 0.15) is 54.2 Å². The second kappa shape index (κ2) is 8.75. The quantitative estimate of drug-likeness (QED) is 0.521. The van der Waals surface area contributed by atoms with E-state index in [1.54, 1.807) is 18.3 Å². The molecule has 174 valence electrons. The topological polar surface area (TPSA) is 115 Å². The van der Waals surface area contributed by atoms with Crippen molar-refractivity contribution in [1.82, 2.24) is 14.8 Å². The van der Waals surface area contributed by atoms with Crippen LogP contribution in [0.3, 0.4) is 0 Å². The van der Waals surface area contributed by atoms with Gasteiger partial charge in [0.15, 0.2) is 11.5 Å². The van der Waals surface area contributed by atoms with Crippen molar-refractivity contribution < 1.29 is 9.18 Å². The molecule has 0 spiro atoms. The molecule has 10 heteroatoms. The smallest absolute Gasteiger partial charge is 0.277 e. The first-order valence-corrected chi connectivity index (χ1v) is 12.1. The molecule has 1 aromatic carbocycles. The van der Waals surface area contributed by atoms with Crippen molar-refractivity contribution in [3.8, 4) is 10.6 Å². The highest BCUT2D eigenvalue weighted by Gasteiger charge is 2.32. The maximum absolute atomic E-state index is 14.3. The summed E-state index contributed by atoms with van der Waals surface area (Å²) in [5.41, 5.74) is 14.3. The van der Waals surface area contributed by atoms with Crippen molar-refractivity contribution in [2.45, 2.75) is 51.1 Å². The summed E-state index contributed by atoms with van der Waals surface area (Å²) in [6.07, 6.45) is 6.74. The van der Waals surface area contributed by atoms with Gasteiger partial charge in [-0.1, -0.05) is 23.0 Å². The average Bonchev–Trinajstić information content (AvgIpc) is 3.49. The molecule has 2 aromatic heterocycles. The Hall–Kier alpha value is -2.98. The third-order valence-electron chi connectivity index (χ3n) is 6.20. The molecule has 1 atom stereocenters. The van der Waals surface area contributed by atoms with Crippen LogP contribution in [0.5, 0.6) is 0 Å². The molecule has 33 heavy (non-hydrogen) atoms. The lowest BCUT2D eigenvalue weighted by atomic mass is 10.1. The Morgan fingerprint density at radius 1 is 1.24 bits per heavy atom. The average molecular weight is 470 g/mol. The van der Waals surface area contributed by atoms with Crippen LogP contribution < -0.4 is 21.7 Å². The van der Waals surface area contributed by atoms with Crippen LogP contribution in [-0.4, -0.2) is 39.8 Å². The summed E-state index contributed by atoms with van der Waals surface area (Å²) >= 11 is 1.11. The Bertz CT molecular complexity index is 1190. The lowest BCUT2D eigenvalue weighted by Crippen LogP contribution is -2.29. The predicted octanol–water partition coefficient (Wildman–Crippen LogP) is 3.94. The zero-order chi connectivity index (χ0) is 23.1. The second-order valence-electron chi connectivity index (χ2n) is 8.90. The summed E-state index contributed by atoms with van der Waals surface area (Å²) in [4.78, 5) is 19.8. The fourth-order valence-electron chi connectivity index (χ4n) is 4.27. The first-order chi connectivity index (χ1) is 15.9. The van der Waals surface area contributed by atoms with Crippen LogP contribution >= 0.6 is 11.3 Å². The van der Waals surface area contributed by atoms with Crippen LogP contribution in [0, 0.1) is 12.7 Å². The zero-order valence-corrected chi connectivity index (χ0v) is 19.4. The van der Waals surface area contributed by atoms with Gasteiger partial charge in [0, 0.05) is 24.7 Å². The number of carbonyl (C=O) groups excluding carboxylic acids is 1. The first-order valence-electron chi connectivity index (χ1n) is 11.3. The van der Waals surface area contributed by atoms with Gasteiger partial charge >= 0.3 is 0 Å². The highest BCUT2D eigenvalue weighted by molar-refractivity contribution is 7.19. The van der Waals surface area contributed by atoms with E-state index in [1.807, 2.05) is 11.6 Å². The molecule has 0 bridgehead atoms. The van der Waals surface area contributed by atoms with E-state index in [2.05, 4.69) is 20.3 Å². The van der Waals surface area contributed by atoms with Crippen molar-refractivity contribution in [2.24, 2.45) is 5.73 Å². The number of benzene rings is 1. The number of nitrogens with two attached hydrogens (primary N) is 2.